The SMILES string of the molecule is CC(O)C1CNCC1c1ccccc1. The predicted octanol–water partition coefficient (Wildman–Crippen LogP) is 1.37. The fourth-order valence-corrected chi connectivity index (χ4v) is 2.27. The third kappa shape index (κ3) is 1.81. The molecule has 14 heavy (non-hydrogen) atoms. The second-order valence-electron chi connectivity index (χ2n) is 4.08. The Hall–Kier alpha value is -0.860. The van der Waals surface area contributed by atoms with E-state index < -0.39 is 0 Å². The molecule has 0 bridgehead atoms. The zero-order chi connectivity index (χ0) is 9.97. The van der Waals surface area contributed by atoms with E-state index in [1.807, 2.05) is 13.0 Å². The summed E-state index contributed by atoms with van der Waals surface area (Å²) in [7, 11) is 0. The van der Waals surface area contributed by atoms with Gasteiger partial charge in [0.2, 0.25) is 0 Å². The molecule has 0 radical (unpaired) electrons. The maximum absolute atomic E-state index is 9.64. The minimum Gasteiger partial charge on any atom is -0.393 e. The van der Waals surface area contributed by atoms with Crippen molar-refractivity contribution in [3.05, 3.63) is 35.9 Å². The Labute approximate surface area is 85.0 Å². The maximum Gasteiger partial charge on any atom is 0.0558 e. The third-order valence-corrected chi connectivity index (χ3v) is 3.11. The van der Waals surface area contributed by atoms with Gasteiger partial charge in [-0.05, 0) is 12.5 Å². The number of aliphatic hydroxyl groups excluding tert-OH is 1. The topological polar surface area (TPSA) is 32.3 Å². The van der Waals surface area contributed by atoms with Crippen molar-refractivity contribution in [3.8, 4) is 0 Å². The summed E-state index contributed by atoms with van der Waals surface area (Å²) in [6, 6.07) is 10.4. The number of benzene rings is 1. The molecular formula is C12H17NO. The second kappa shape index (κ2) is 4.11. The van der Waals surface area contributed by atoms with Crippen molar-refractivity contribution in [2.45, 2.75) is 18.9 Å². The molecule has 1 heterocycles. The van der Waals surface area contributed by atoms with E-state index in [2.05, 4.69) is 29.6 Å². The molecule has 2 rings (SSSR count). The number of rotatable bonds is 2. The lowest BCUT2D eigenvalue weighted by atomic mass is 9.86. The first-order valence-corrected chi connectivity index (χ1v) is 5.23. The second-order valence-corrected chi connectivity index (χ2v) is 4.08. The van der Waals surface area contributed by atoms with Crippen LogP contribution in [0.5, 0.6) is 0 Å². The minimum absolute atomic E-state index is 0.227. The molecule has 1 aromatic carbocycles. The van der Waals surface area contributed by atoms with Crippen molar-refractivity contribution in [3.63, 3.8) is 0 Å². The highest BCUT2D eigenvalue weighted by molar-refractivity contribution is 5.22. The Balaban J connectivity index is 2.18. The number of hydrogen-bond donors (Lipinski definition) is 2. The van der Waals surface area contributed by atoms with Crippen LogP contribution in [0.3, 0.4) is 0 Å². The van der Waals surface area contributed by atoms with Crippen LogP contribution >= 0.6 is 0 Å². The summed E-state index contributed by atoms with van der Waals surface area (Å²) in [6.45, 7) is 3.80. The molecule has 2 nitrogen and oxygen atoms in total. The van der Waals surface area contributed by atoms with E-state index in [4.69, 9.17) is 0 Å². The molecule has 0 saturated carbocycles. The van der Waals surface area contributed by atoms with Gasteiger partial charge in [-0.25, -0.2) is 0 Å². The fourth-order valence-electron chi connectivity index (χ4n) is 2.27. The van der Waals surface area contributed by atoms with Crippen LogP contribution in [0.15, 0.2) is 30.3 Å². The van der Waals surface area contributed by atoms with Crippen LogP contribution < -0.4 is 5.32 Å². The van der Waals surface area contributed by atoms with Crippen LogP contribution in [-0.4, -0.2) is 24.3 Å². The van der Waals surface area contributed by atoms with E-state index in [9.17, 15) is 5.11 Å². The third-order valence-electron chi connectivity index (χ3n) is 3.11. The highest BCUT2D eigenvalue weighted by Gasteiger charge is 2.31. The van der Waals surface area contributed by atoms with Crippen molar-refractivity contribution < 1.29 is 5.11 Å². The first-order chi connectivity index (χ1) is 6.79. The van der Waals surface area contributed by atoms with E-state index >= 15 is 0 Å². The van der Waals surface area contributed by atoms with Crippen LogP contribution in [0.2, 0.25) is 0 Å². The Kier molecular flexibility index (Phi) is 2.85. The van der Waals surface area contributed by atoms with Crippen LogP contribution in [0.4, 0.5) is 0 Å². The molecule has 1 aliphatic rings. The summed E-state index contributed by atoms with van der Waals surface area (Å²) < 4.78 is 0. The number of aliphatic hydroxyl groups is 1. The lowest BCUT2D eigenvalue weighted by Crippen LogP contribution is -2.23. The first kappa shape index (κ1) is 9.69. The van der Waals surface area contributed by atoms with Crippen molar-refractivity contribution >= 4 is 0 Å². The molecular weight excluding hydrogens is 174 g/mol. The summed E-state index contributed by atoms with van der Waals surface area (Å²) >= 11 is 0. The van der Waals surface area contributed by atoms with Crippen molar-refractivity contribution in [2.24, 2.45) is 5.92 Å². The molecule has 0 aliphatic carbocycles. The molecule has 3 atom stereocenters. The van der Waals surface area contributed by atoms with Gasteiger partial charge in [0.05, 0.1) is 6.10 Å². The average Bonchev–Trinajstić information content (AvgIpc) is 2.67. The monoisotopic (exact) mass is 191 g/mol. The average molecular weight is 191 g/mol. The van der Waals surface area contributed by atoms with E-state index in [0.29, 0.717) is 11.8 Å². The summed E-state index contributed by atoms with van der Waals surface area (Å²) in [5.74, 6) is 0.827. The van der Waals surface area contributed by atoms with E-state index in [-0.39, 0.29) is 6.10 Å². The lowest BCUT2D eigenvalue weighted by Gasteiger charge is -2.21. The van der Waals surface area contributed by atoms with Crippen LogP contribution in [0.25, 0.3) is 0 Å². The minimum atomic E-state index is -0.227. The normalized spacial score (nSPS) is 29.0. The van der Waals surface area contributed by atoms with E-state index in [1.54, 1.807) is 0 Å². The molecule has 0 spiro atoms. The molecule has 1 aliphatic heterocycles. The fraction of sp³-hybridized carbons (Fsp3) is 0.500. The zero-order valence-corrected chi connectivity index (χ0v) is 8.48. The van der Waals surface area contributed by atoms with Gasteiger partial charge in [0.25, 0.3) is 0 Å². The first-order valence-electron chi connectivity index (χ1n) is 5.23. The molecule has 1 saturated heterocycles. The van der Waals surface area contributed by atoms with Gasteiger partial charge in [-0.3, -0.25) is 0 Å². The molecule has 1 fully saturated rings. The van der Waals surface area contributed by atoms with E-state index in [1.165, 1.54) is 5.56 Å². The Morgan fingerprint density at radius 3 is 2.64 bits per heavy atom. The summed E-state index contributed by atoms with van der Waals surface area (Å²) in [6.07, 6.45) is -0.227. The van der Waals surface area contributed by atoms with Gasteiger partial charge in [-0.2, -0.15) is 0 Å². The number of nitrogens with one attached hydrogen (secondary N) is 1. The van der Waals surface area contributed by atoms with Gasteiger partial charge >= 0.3 is 0 Å². The van der Waals surface area contributed by atoms with Crippen LogP contribution in [0, 0.1) is 5.92 Å². The quantitative estimate of drug-likeness (QED) is 0.740. The van der Waals surface area contributed by atoms with Crippen LogP contribution in [-0.2, 0) is 0 Å². The van der Waals surface area contributed by atoms with Gasteiger partial charge in [-0.15, -0.1) is 0 Å². The Morgan fingerprint density at radius 1 is 1.29 bits per heavy atom. The smallest absolute Gasteiger partial charge is 0.0558 e. The summed E-state index contributed by atoms with van der Waals surface area (Å²) in [5.41, 5.74) is 1.34. The largest absolute Gasteiger partial charge is 0.393 e. The van der Waals surface area contributed by atoms with Crippen molar-refractivity contribution in [1.29, 1.82) is 0 Å². The molecule has 2 heteroatoms. The van der Waals surface area contributed by atoms with Gasteiger partial charge < -0.3 is 10.4 Å². The van der Waals surface area contributed by atoms with Gasteiger partial charge in [0, 0.05) is 24.9 Å². The van der Waals surface area contributed by atoms with Gasteiger partial charge in [0.15, 0.2) is 0 Å². The molecule has 1 aromatic rings. The van der Waals surface area contributed by atoms with Crippen molar-refractivity contribution in [2.75, 3.05) is 13.1 Å². The molecule has 3 unspecified atom stereocenters. The Bertz CT molecular complexity index is 284. The highest BCUT2D eigenvalue weighted by atomic mass is 16.3. The standard InChI is InChI=1S/C12H17NO/c1-9(14)11-7-13-8-12(11)10-5-3-2-4-6-10/h2-6,9,11-14H,7-8H2,1H3. The van der Waals surface area contributed by atoms with Crippen molar-refractivity contribution in [1.82, 2.24) is 5.32 Å². The highest BCUT2D eigenvalue weighted by Crippen LogP contribution is 2.29. The summed E-state index contributed by atoms with van der Waals surface area (Å²) in [4.78, 5) is 0. The van der Waals surface area contributed by atoms with Gasteiger partial charge in [-0.1, -0.05) is 30.3 Å². The predicted molar refractivity (Wildman–Crippen MR) is 57.2 cm³/mol. The molecule has 76 valence electrons. The maximum atomic E-state index is 9.64. The molecule has 2 N–H and O–H groups in total. The van der Waals surface area contributed by atoms with E-state index in [0.717, 1.165) is 13.1 Å². The molecule has 0 aromatic heterocycles. The van der Waals surface area contributed by atoms with Crippen LogP contribution in [0.1, 0.15) is 18.4 Å². The Morgan fingerprint density at radius 2 is 2.00 bits per heavy atom. The zero-order valence-electron chi connectivity index (χ0n) is 8.48. The summed E-state index contributed by atoms with van der Waals surface area (Å²) in [5, 5.41) is 13.0. The van der Waals surface area contributed by atoms with Gasteiger partial charge in [0.1, 0.15) is 0 Å². The molecule has 0 amide bonds. The lowest BCUT2D eigenvalue weighted by molar-refractivity contribution is 0.127. The number of hydrogen-bond acceptors (Lipinski definition) is 2.